The molecule has 3 aromatic rings. The Labute approximate surface area is 121 Å². The van der Waals surface area contributed by atoms with Crippen molar-refractivity contribution in [2.24, 2.45) is 5.73 Å². The molecule has 0 aliphatic carbocycles. The van der Waals surface area contributed by atoms with Crippen LogP contribution in [0, 0.1) is 0 Å². The zero-order valence-corrected chi connectivity index (χ0v) is 11.6. The predicted molar refractivity (Wildman–Crippen MR) is 80.4 cm³/mol. The number of hydrogen-bond donors (Lipinski definition) is 2. The van der Waals surface area contributed by atoms with Crippen LogP contribution in [0.1, 0.15) is 21.7 Å². The number of aromatic amines is 1. The quantitative estimate of drug-likeness (QED) is 0.769. The molecule has 0 aliphatic rings. The molecular weight excluding hydrogens is 266 g/mol. The molecule has 0 atom stereocenters. The number of amides is 1. The number of nitrogens with one attached hydrogen (secondary N) is 1. The Kier molecular flexibility index (Phi) is 3.31. The van der Waals surface area contributed by atoms with E-state index in [1.807, 2.05) is 30.3 Å². The van der Waals surface area contributed by atoms with Gasteiger partial charge in [0.1, 0.15) is 17.1 Å². The smallest absolute Gasteiger partial charge is 0.250 e. The topological polar surface area (TPSA) is 81.0 Å². The highest BCUT2D eigenvalue weighted by Crippen LogP contribution is 2.19. The Morgan fingerprint density at radius 2 is 2.10 bits per heavy atom. The van der Waals surface area contributed by atoms with Crippen molar-refractivity contribution in [1.82, 2.24) is 9.97 Å². The van der Waals surface area contributed by atoms with E-state index in [1.165, 1.54) is 0 Å². The summed E-state index contributed by atoms with van der Waals surface area (Å²) in [5.41, 5.74) is 8.30. The second-order valence-corrected chi connectivity index (χ2v) is 4.78. The highest BCUT2D eigenvalue weighted by atomic mass is 16.5. The maximum atomic E-state index is 11.4. The van der Waals surface area contributed by atoms with E-state index in [9.17, 15) is 4.79 Å². The molecule has 21 heavy (non-hydrogen) atoms. The molecule has 0 aliphatic heterocycles. The third-order valence-corrected chi connectivity index (χ3v) is 3.33. The van der Waals surface area contributed by atoms with Gasteiger partial charge in [0, 0.05) is 6.42 Å². The Morgan fingerprint density at radius 3 is 2.86 bits per heavy atom. The number of aromatic nitrogens is 2. The van der Waals surface area contributed by atoms with Crippen molar-refractivity contribution >= 4 is 16.9 Å². The van der Waals surface area contributed by atoms with Crippen LogP contribution in [0.3, 0.4) is 0 Å². The Hall–Kier alpha value is -2.82. The molecule has 3 rings (SSSR count). The summed E-state index contributed by atoms with van der Waals surface area (Å²) in [6.45, 7) is 0. The average molecular weight is 281 g/mol. The van der Waals surface area contributed by atoms with Gasteiger partial charge in [-0.3, -0.25) is 4.79 Å². The van der Waals surface area contributed by atoms with E-state index >= 15 is 0 Å². The van der Waals surface area contributed by atoms with E-state index in [0.717, 1.165) is 22.7 Å². The van der Waals surface area contributed by atoms with Gasteiger partial charge in [-0.15, -0.1) is 0 Å². The van der Waals surface area contributed by atoms with Crippen molar-refractivity contribution in [3.63, 3.8) is 0 Å². The van der Waals surface area contributed by atoms with Gasteiger partial charge in [-0.05, 0) is 29.8 Å². The molecular formula is C16H15N3O2. The molecule has 0 bridgehead atoms. The fraction of sp³-hybridized carbons (Fsp3) is 0.125. The highest BCUT2D eigenvalue weighted by Gasteiger charge is 2.11. The number of hydrogen-bond acceptors (Lipinski definition) is 3. The van der Waals surface area contributed by atoms with Gasteiger partial charge in [0.05, 0.1) is 18.2 Å². The second kappa shape index (κ2) is 5.28. The van der Waals surface area contributed by atoms with Crippen LogP contribution in [-0.2, 0) is 6.42 Å². The molecule has 1 amide bonds. The van der Waals surface area contributed by atoms with Crippen molar-refractivity contribution in [3.8, 4) is 5.75 Å². The third kappa shape index (κ3) is 2.58. The molecule has 0 saturated heterocycles. The van der Waals surface area contributed by atoms with Crippen molar-refractivity contribution in [2.45, 2.75) is 6.42 Å². The molecule has 2 aromatic carbocycles. The van der Waals surface area contributed by atoms with Crippen LogP contribution in [0.5, 0.6) is 5.75 Å². The minimum absolute atomic E-state index is 0.431. The van der Waals surface area contributed by atoms with E-state index in [2.05, 4.69) is 9.97 Å². The standard InChI is InChI=1S/C16H15N3O2/c1-21-11-5-2-4-10(8-11)9-14-18-13-7-3-6-12(16(17)20)15(13)19-14/h2-8H,9H2,1H3,(H2,17,20)(H,18,19). The number of ether oxygens (including phenoxy) is 1. The molecule has 5 heteroatoms. The number of para-hydroxylation sites is 1. The van der Waals surface area contributed by atoms with Crippen LogP contribution in [0.2, 0.25) is 0 Å². The molecule has 1 aromatic heterocycles. The summed E-state index contributed by atoms with van der Waals surface area (Å²) in [5.74, 6) is 1.12. The summed E-state index contributed by atoms with van der Waals surface area (Å²) in [7, 11) is 1.64. The summed E-state index contributed by atoms with van der Waals surface area (Å²) in [5, 5.41) is 0. The maximum absolute atomic E-state index is 11.4. The van der Waals surface area contributed by atoms with Crippen LogP contribution in [0.25, 0.3) is 11.0 Å². The maximum Gasteiger partial charge on any atom is 0.250 e. The number of primary amides is 1. The number of imidazole rings is 1. The molecule has 0 spiro atoms. The lowest BCUT2D eigenvalue weighted by molar-refractivity contribution is 0.100. The van der Waals surface area contributed by atoms with E-state index in [-0.39, 0.29) is 0 Å². The van der Waals surface area contributed by atoms with Crippen LogP contribution in [0.15, 0.2) is 42.5 Å². The van der Waals surface area contributed by atoms with Crippen molar-refractivity contribution < 1.29 is 9.53 Å². The zero-order valence-electron chi connectivity index (χ0n) is 11.6. The molecule has 1 heterocycles. The number of nitrogens with zero attached hydrogens (tertiary/aromatic N) is 1. The van der Waals surface area contributed by atoms with Gasteiger partial charge in [0.15, 0.2) is 0 Å². The molecule has 106 valence electrons. The SMILES string of the molecule is COc1cccc(Cc2nc3c(C(N)=O)cccc3[nH]2)c1. The molecule has 0 fully saturated rings. The average Bonchev–Trinajstić information content (AvgIpc) is 2.89. The van der Waals surface area contributed by atoms with Gasteiger partial charge in [-0.25, -0.2) is 4.98 Å². The molecule has 0 radical (unpaired) electrons. The predicted octanol–water partition coefficient (Wildman–Crippen LogP) is 2.26. The molecule has 0 saturated carbocycles. The largest absolute Gasteiger partial charge is 0.497 e. The monoisotopic (exact) mass is 281 g/mol. The Bertz CT molecular complexity index is 808. The second-order valence-electron chi connectivity index (χ2n) is 4.78. The van der Waals surface area contributed by atoms with Gasteiger partial charge in [-0.1, -0.05) is 18.2 Å². The number of H-pyrrole nitrogens is 1. The van der Waals surface area contributed by atoms with Crippen LogP contribution < -0.4 is 10.5 Å². The number of fused-ring (bicyclic) bond motifs is 1. The minimum Gasteiger partial charge on any atom is -0.497 e. The summed E-state index contributed by atoms with van der Waals surface area (Å²) in [6, 6.07) is 13.1. The van der Waals surface area contributed by atoms with E-state index in [4.69, 9.17) is 10.5 Å². The number of nitrogens with two attached hydrogens (primary N) is 1. The summed E-state index contributed by atoms with van der Waals surface area (Å²) < 4.78 is 5.21. The van der Waals surface area contributed by atoms with E-state index < -0.39 is 5.91 Å². The van der Waals surface area contributed by atoms with Crippen LogP contribution >= 0.6 is 0 Å². The van der Waals surface area contributed by atoms with Crippen molar-refractivity contribution in [2.75, 3.05) is 7.11 Å². The molecule has 3 N–H and O–H groups in total. The van der Waals surface area contributed by atoms with Crippen molar-refractivity contribution in [3.05, 3.63) is 59.4 Å². The lowest BCUT2D eigenvalue weighted by Crippen LogP contribution is -2.11. The first-order chi connectivity index (χ1) is 10.2. The lowest BCUT2D eigenvalue weighted by atomic mass is 10.1. The first kappa shape index (κ1) is 13.2. The third-order valence-electron chi connectivity index (χ3n) is 3.33. The van der Waals surface area contributed by atoms with E-state index in [0.29, 0.717) is 17.5 Å². The summed E-state index contributed by atoms with van der Waals surface area (Å²) >= 11 is 0. The number of rotatable bonds is 4. The van der Waals surface area contributed by atoms with Gasteiger partial charge < -0.3 is 15.5 Å². The summed E-state index contributed by atoms with van der Waals surface area (Å²) in [4.78, 5) is 19.1. The minimum atomic E-state index is -0.472. The van der Waals surface area contributed by atoms with Gasteiger partial charge in [0.2, 0.25) is 0 Å². The summed E-state index contributed by atoms with van der Waals surface area (Å²) in [6.07, 6.45) is 0.629. The molecule has 0 unspecified atom stereocenters. The highest BCUT2D eigenvalue weighted by molar-refractivity contribution is 6.04. The zero-order chi connectivity index (χ0) is 14.8. The van der Waals surface area contributed by atoms with E-state index in [1.54, 1.807) is 19.2 Å². The Balaban J connectivity index is 1.98. The first-order valence-electron chi connectivity index (χ1n) is 6.57. The normalized spacial score (nSPS) is 10.7. The van der Waals surface area contributed by atoms with Crippen LogP contribution in [0.4, 0.5) is 0 Å². The fourth-order valence-electron chi connectivity index (χ4n) is 2.34. The van der Waals surface area contributed by atoms with Gasteiger partial charge in [0.25, 0.3) is 5.91 Å². The Morgan fingerprint density at radius 1 is 1.29 bits per heavy atom. The molecule has 5 nitrogen and oxygen atoms in total. The lowest BCUT2D eigenvalue weighted by Gasteiger charge is -2.02. The number of methoxy groups -OCH3 is 1. The first-order valence-corrected chi connectivity index (χ1v) is 6.57. The van der Waals surface area contributed by atoms with Crippen molar-refractivity contribution in [1.29, 1.82) is 0 Å². The van der Waals surface area contributed by atoms with Gasteiger partial charge >= 0.3 is 0 Å². The van der Waals surface area contributed by atoms with Crippen LogP contribution in [-0.4, -0.2) is 23.0 Å². The van der Waals surface area contributed by atoms with Gasteiger partial charge in [-0.2, -0.15) is 0 Å². The fourth-order valence-corrected chi connectivity index (χ4v) is 2.34. The number of benzene rings is 2. The number of carbonyl (C=O) groups is 1. The number of carbonyl (C=O) groups excluding carboxylic acids is 1.